The first kappa shape index (κ1) is 6.39. The third-order valence-electron chi connectivity index (χ3n) is 0.294. The van der Waals surface area contributed by atoms with Gasteiger partial charge in [0, 0.05) is 5.18 Å². The van der Waals surface area contributed by atoms with E-state index < -0.39 is 12.7 Å². The minimum Gasteiger partial charge on any atom is -0.242 e. The SMILES string of the molecule is O=NC(F)(F)CF. The van der Waals surface area contributed by atoms with Gasteiger partial charge in [-0.15, -0.1) is 4.91 Å². The maximum atomic E-state index is 11.0. The average Bonchev–Trinajstić information content (AvgIpc) is 1.68. The topological polar surface area (TPSA) is 29.4 Å². The molecular weight excluding hydrogens is 111 g/mol. The molecule has 0 rings (SSSR count). The van der Waals surface area contributed by atoms with Gasteiger partial charge in [-0.1, -0.05) is 0 Å². The van der Waals surface area contributed by atoms with Crippen molar-refractivity contribution in [3.63, 3.8) is 0 Å². The van der Waals surface area contributed by atoms with Crippen molar-refractivity contribution in [2.24, 2.45) is 5.18 Å². The van der Waals surface area contributed by atoms with Gasteiger partial charge < -0.3 is 0 Å². The highest BCUT2D eigenvalue weighted by atomic mass is 19.3. The van der Waals surface area contributed by atoms with Gasteiger partial charge in [-0.2, -0.15) is 8.78 Å². The van der Waals surface area contributed by atoms with E-state index in [1.807, 2.05) is 0 Å². The third-order valence-corrected chi connectivity index (χ3v) is 0.294. The van der Waals surface area contributed by atoms with E-state index in [2.05, 4.69) is 0 Å². The molecule has 0 unspecified atom stereocenters. The Balaban J connectivity index is 3.58. The summed E-state index contributed by atoms with van der Waals surface area (Å²) in [5.41, 5.74) is 0. The summed E-state index contributed by atoms with van der Waals surface area (Å²) in [6.45, 7) is -2.02. The second kappa shape index (κ2) is 1.90. The van der Waals surface area contributed by atoms with Gasteiger partial charge in [0.1, 0.15) is 0 Å². The molecule has 0 atom stereocenters. The van der Waals surface area contributed by atoms with E-state index in [9.17, 15) is 13.2 Å². The summed E-state index contributed by atoms with van der Waals surface area (Å²) in [5, 5.41) is 1.18. The van der Waals surface area contributed by atoms with Crippen molar-refractivity contribution in [3.05, 3.63) is 4.91 Å². The summed E-state index contributed by atoms with van der Waals surface area (Å²) in [6.07, 6.45) is 0. The van der Waals surface area contributed by atoms with Crippen molar-refractivity contribution < 1.29 is 13.2 Å². The predicted molar refractivity (Wildman–Crippen MR) is 16.7 cm³/mol. The van der Waals surface area contributed by atoms with Crippen LogP contribution in [0.2, 0.25) is 0 Å². The second-order valence-electron chi connectivity index (χ2n) is 0.891. The molecule has 0 radical (unpaired) electrons. The van der Waals surface area contributed by atoms with Gasteiger partial charge in [0.2, 0.25) is 0 Å². The van der Waals surface area contributed by atoms with Crippen molar-refractivity contribution in [2.75, 3.05) is 6.67 Å². The molecule has 7 heavy (non-hydrogen) atoms. The Morgan fingerprint density at radius 3 is 2.00 bits per heavy atom. The fourth-order valence-corrected chi connectivity index (χ4v) is 0.0244. The lowest BCUT2D eigenvalue weighted by Gasteiger charge is -1.95. The molecule has 0 aromatic heterocycles. The van der Waals surface area contributed by atoms with Crippen LogP contribution >= 0.6 is 0 Å². The Morgan fingerprint density at radius 1 is 1.57 bits per heavy atom. The van der Waals surface area contributed by atoms with Gasteiger partial charge in [0.05, 0.1) is 0 Å². The first-order valence-electron chi connectivity index (χ1n) is 1.40. The van der Waals surface area contributed by atoms with E-state index in [1.54, 1.807) is 0 Å². The summed E-state index contributed by atoms with van der Waals surface area (Å²) in [5.74, 6) is 0. The Bertz CT molecular complexity index is 73.3. The van der Waals surface area contributed by atoms with Gasteiger partial charge in [-0.25, -0.2) is 4.39 Å². The molecule has 0 aromatic carbocycles. The zero-order valence-electron chi connectivity index (χ0n) is 3.20. The van der Waals surface area contributed by atoms with Crippen LogP contribution in [0.4, 0.5) is 13.2 Å². The van der Waals surface area contributed by atoms with Crippen molar-refractivity contribution >= 4 is 0 Å². The number of hydrogen-bond acceptors (Lipinski definition) is 2. The smallest absolute Gasteiger partial charge is 0.242 e. The molecule has 2 nitrogen and oxygen atoms in total. The van der Waals surface area contributed by atoms with Gasteiger partial charge in [0.25, 0.3) is 0 Å². The lowest BCUT2D eigenvalue weighted by atomic mass is 10.7. The molecule has 0 amide bonds. The molecule has 0 bridgehead atoms. The summed E-state index contributed by atoms with van der Waals surface area (Å²) in [7, 11) is 0. The molecule has 0 N–H and O–H groups in total. The molecule has 0 aliphatic rings. The molecule has 0 heterocycles. The standard InChI is InChI=1S/C2H2F3NO/c3-1-2(4,5)6-7/h1H2. The molecular formula is C2H2F3NO. The molecule has 0 saturated carbocycles. The van der Waals surface area contributed by atoms with Crippen molar-refractivity contribution in [1.29, 1.82) is 0 Å². The maximum Gasteiger partial charge on any atom is 0.404 e. The summed E-state index contributed by atoms with van der Waals surface area (Å²) < 4.78 is 32.8. The fraction of sp³-hybridized carbons (Fsp3) is 1.00. The van der Waals surface area contributed by atoms with E-state index in [-0.39, 0.29) is 0 Å². The second-order valence-corrected chi connectivity index (χ2v) is 0.891. The maximum absolute atomic E-state index is 11.0. The first-order chi connectivity index (χ1) is 3.12. The van der Waals surface area contributed by atoms with E-state index in [0.717, 1.165) is 0 Å². The van der Waals surface area contributed by atoms with Crippen LogP contribution < -0.4 is 0 Å². The number of nitroso groups, excluding NO2 is 1. The Morgan fingerprint density at radius 2 is 2.00 bits per heavy atom. The van der Waals surface area contributed by atoms with Gasteiger partial charge >= 0.3 is 6.05 Å². The molecule has 0 saturated heterocycles. The van der Waals surface area contributed by atoms with Crippen LogP contribution in [0.25, 0.3) is 0 Å². The highest BCUT2D eigenvalue weighted by molar-refractivity contribution is 4.56. The highest BCUT2D eigenvalue weighted by Gasteiger charge is 2.29. The molecule has 0 aliphatic carbocycles. The minimum atomic E-state index is -4.01. The van der Waals surface area contributed by atoms with Crippen LogP contribution in [0.1, 0.15) is 0 Å². The largest absolute Gasteiger partial charge is 0.404 e. The fourth-order valence-electron chi connectivity index (χ4n) is 0.0244. The highest BCUT2D eigenvalue weighted by Crippen LogP contribution is 2.13. The Labute approximate surface area is 37.3 Å². The molecule has 5 heteroatoms. The van der Waals surface area contributed by atoms with E-state index in [1.165, 1.54) is 5.18 Å². The molecule has 0 aromatic rings. The monoisotopic (exact) mass is 113 g/mol. The van der Waals surface area contributed by atoms with Gasteiger partial charge in [-0.05, 0) is 0 Å². The molecule has 0 spiro atoms. The lowest BCUT2D eigenvalue weighted by Crippen LogP contribution is -2.12. The van der Waals surface area contributed by atoms with Crippen LogP contribution in [-0.4, -0.2) is 12.7 Å². The summed E-state index contributed by atoms with van der Waals surface area (Å²) >= 11 is 0. The first-order valence-corrected chi connectivity index (χ1v) is 1.40. The average molecular weight is 113 g/mol. The van der Waals surface area contributed by atoms with Crippen molar-refractivity contribution in [2.45, 2.75) is 6.05 Å². The predicted octanol–water partition coefficient (Wildman–Crippen LogP) is 1.32. The molecule has 0 aliphatic heterocycles. The number of nitrogens with zero attached hydrogens (tertiary/aromatic N) is 1. The number of hydrogen-bond donors (Lipinski definition) is 0. The Hall–Kier alpha value is -0.610. The van der Waals surface area contributed by atoms with Crippen molar-refractivity contribution in [1.82, 2.24) is 0 Å². The third kappa shape index (κ3) is 2.13. The van der Waals surface area contributed by atoms with Crippen LogP contribution in [-0.2, 0) is 0 Å². The normalized spacial score (nSPS) is 11.3. The Kier molecular flexibility index (Phi) is 1.74. The zero-order valence-corrected chi connectivity index (χ0v) is 3.20. The minimum absolute atomic E-state index is 1.18. The number of rotatable bonds is 2. The van der Waals surface area contributed by atoms with Crippen LogP contribution in [0.5, 0.6) is 0 Å². The van der Waals surface area contributed by atoms with E-state index in [4.69, 9.17) is 4.91 Å². The van der Waals surface area contributed by atoms with Crippen molar-refractivity contribution in [3.8, 4) is 0 Å². The molecule has 42 valence electrons. The van der Waals surface area contributed by atoms with Crippen LogP contribution in [0.15, 0.2) is 5.18 Å². The van der Waals surface area contributed by atoms with Crippen LogP contribution in [0.3, 0.4) is 0 Å². The molecule has 0 fully saturated rings. The zero-order chi connectivity index (χ0) is 5.91. The van der Waals surface area contributed by atoms with E-state index in [0.29, 0.717) is 0 Å². The summed E-state index contributed by atoms with van der Waals surface area (Å²) in [6, 6.07) is -4.01. The summed E-state index contributed by atoms with van der Waals surface area (Å²) in [4.78, 5) is 8.82. The van der Waals surface area contributed by atoms with E-state index >= 15 is 0 Å². The quantitative estimate of drug-likeness (QED) is 0.392. The van der Waals surface area contributed by atoms with Gasteiger partial charge in [0.15, 0.2) is 6.67 Å². The number of halogens is 3. The van der Waals surface area contributed by atoms with Gasteiger partial charge in [-0.3, -0.25) is 0 Å². The number of alkyl halides is 3. The lowest BCUT2D eigenvalue weighted by molar-refractivity contribution is -0.0147. The van der Waals surface area contributed by atoms with Crippen LogP contribution in [0, 0.1) is 4.91 Å².